The van der Waals surface area contributed by atoms with E-state index in [1.165, 1.54) is 18.3 Å². The number of hydrogen-bond donors (Lipinski definition) is 0. The third-order valence-electron chi connectivity index (χ3n) is 2.94. The highest BCUT2D eigenvalue weighted by Crippen LogP contribution is 2.38. The van der Waals surface area contributed by atoms with E-state index in [2.05, 4.69) is 0 Å². The van der Waals surface area contributed by atoms with Crippen LogP contribution in [0.4, 0.5) is 0 Å². The zero-order valence-electron chi connectivity index (χ0n) is 10.5. The second-order valence-electron chi connectivity index (χ2n) is 4.21. The van der Waals surface area contributed by atoms with Crippen LogP contribution in [0.25, 0.3) is 0 Å². The van der Waals surface area contributed by atoms with Crippen LogP contribution in [0.1, 0.15) is 53.6 Å². The summed E-state index contributed by atoms with van der Waals surface area (Å²) in [5.41, 5.74) is 1.97. The monoisotopic (exact) mass is 268 g/mol. The topological polar surface area (TPSA) is 52.6 Å². The Morgan fingerprint density at radius 1 is 1.50 bits per heavy atom. The molecule has 1 aromatic heterocycles. The van der Waals surface area contributed by atoms with Crippen molar-refractivity contribution in [1.29, 1.82) is 0 Å². The van der Waals surface area contributed by atoms with E-state index in [9.17, 15) is 9.59 Å². The number of fused-ring (bicyclic) bond motifs is 1. The van der Waals surface area contributed by atoms with E-state index in [4.69, 9.17) is 9.47 Å². The van der Waals surface area contributed by atoms with E-state index in [1.807, 2.05) is 5.38 Å². The second-order valence-corrected chi connectivity index (χ2v) is 5.09. The molecule has 2 rings (SSSR count). The van der Waals surface area contributed by atoms with Gasteiger partial charge in [-0.25, -0.2) is 4.79 Å². The van der Waals surface area contributed by atoms with Gasteiger partial charge in [0.05, 0.1) is 6.61 Å². The van der Waals surface area contributed by atoms with Crippen molar-refractivity contribution in [2.24, 2.45) is 0 Å². The molecule has 98 valence electrons. The number of esters is 2. The van der Waals surface area contributed by atoms with Gasteiger partial charge >= 0.3 is 11.9 Å². The molecule has 1 atom stereocenters. The lowest BCUT2D eigenvalue weighted by Crippen LogP contribution is -2.15. The molecule has 0 aromatic carbocycles. The van der Waals surface area contributed by atoms with Gasteiger partial charge in [-0.15, -0.1) is 11.3 Å². The smallest absolute Gasteiger partial charge is 0.348 e. The third-order valence-corrected chi connectivity index (χ3v) is 3.96. The highest BCUT2D eigenvalue weighted by molar-refractivity contribution is 7.12. The van der Waals surface area contributed by atoms with Gasteiger partial charge in [-0.3, -0.25) is 4.79 Å². The van der Waals surface area contributed by atoms with Crippen LogP contribution < -0.4 is 0 Å². The van der Waals surface area contributed by atoms with Gasteiger partial charge in [0.1, 0.15) is 11.0 Å². The standard InChI is InChI=1S/C13H16O4S/c1-3-16-13(15)12-9-5-4-6-11(17-8(2)14)10(9)7-18-12/h7,11H,3-6H2,1-2H3. The Morgan fingerprint density at radius 2 is 2.28 bits per heavy atom. The Kier molecular flexibility index (Phi) is 4.01. The van der Waals surface area contributed by atoms with Gasteiger partial charge in [-0.2, -0.15) is 0 Å². The predicted octanol–water partition coefficient (Wildman–Crippen LogP) is 2.87. The summed E-state index contributed by atoms with van der Waals surface area (Å²) in [5, 5.41) is 1.91. The van der Waals surface area contributed by atoms with Crippen molar-refractivity contribution < 1.29 is 19.1 Å². The highest BCUT2D eigenvalue weighted by atomic mass is 32.1. The molecule has 1 aliphatic rings. The molecule has 0 amide bonds. The summed E-state index contributed by atoms with van der Waals surface area (Å²) in [4.78, 5) is 23.5. The largest absolute Gasteiger partial charge is 0.462 e. The fraction of sp³-hybridized carbons (Fsp3) is 0.538. The molecular weight excluding hydrogens is 252 g/mol. The second kappa shape index (κ2) is 5.52. The van der Waals surface area contributed by atoms with Crippen molar-refractivity contribution in [3.05, 3.63) is 21.4 Å². The number of carbonyl (C=O) groups is 2. The van der Waals surface area contributed by atoms with E-state index in [0.29, 0.717) is 11.5 Å². The van der Waals surface area contributed by atoms with Crippen LogP contribution in [0.3, 0.4) is 0 Å². The lowest BCUT2D eigenvalue weighted by Gasteiger charge is -2.22. The fourth-order valence-electron chi connectivity index (χ4n) is 2.23. The Labute approximate surface area is 110 Å². The summed E-state index contributed by atoms with van der Waals surface area (Å²) in [6, 6.07) is 0. The Balaban J connectivity index is 2.26. The first kappa shape index (κ1) is 13.1. The van der Waals surface area contributed by atoms with Crippen molar-refractivity contribution in [3.8, 4) is 0 Å². The molecule has 0 N–H and O–H groups in total. The molecule has 0 fully saturated rings. The first-order valence-electron chi connectivity index (χ1n) is 6.08. The fourth-order valence-corrected chi connectivity index (χ4v) is 3.29. The molecule has 4 nitrogen and oxygen atoms in total. The number of thiophene rings is 1. The lowest BCUT2D eigenvalue weighted by atomic mass is 9.91. The van der Waals surface area contributed by atoms with Crippen LogP contribution in [0, 0.1) is 0 Å². The number of carbonyl (C=O) groups excluding carboxylic acids is 2. The molecule has 0 radical (unpaired) electrons. The van der Waals surface area contributed by atoms with Gasteiger partial charge in [0.15, 0.2) is 0 Å². The third kappa shape index (κ3) is 2.56. The van der Waals surface area contributed by atoms with Crippen LogP contribution in [-0.4, -0.2) is 18.5 Å². The Morgan fingerprint density at radius 3 is 2.94 bits per heavy atom. The average molecular weight is 268 g/mol. The minimum atomic E-state index is -0.281. The first-order chi connectivity index (χ1) is 8.63. The molecule has 1 aromatic rings. The van der Waals surface area contributed by atoms with Gasteiger partial charge in [-0.1, -0.05) is 0 Å². The normalized spacial score (nSPS) is 18.0. The first-order valence-corrected chi connectivity index (χ1v) is 6.96. The Hall–Kier alpha value is -1.36. The maximum Gasteiger partial charge on any atom is 0.348 e. The van der Waals surface area contributed by atoms with Crippen LogP contribution >= 0.6 is 11.3 Å². The zero-order valence-corrected chi connectivity index (χ0v) is 11.3. The maximum atomic E-state index is 11.8. The van der Waals surface area contributed by atoms with Gasteiger partial charge < -0.3 is 9.47 Å². The minimum Gasteiger partial charge on any atom is -0.462 e. The average Bonchev–Trinajstić information content (AvgIpc) is 2.73. The lowest BCUT2D eigenvalue weighted by molar-refractivity contribution is -0.147. The molecule has 5 heteroatoms. The summed E-state index contributed by atoms with van der Waals surface area (Å²) < 4.78 is 10.3. The summed E-state index contributed by atoms with van der Waals surface area (Å²) in [7, 11) is 0. The van der Waals surface area contributed by atoms with E-state index in [0.717, 1.165) is 30.4 Å². The maximum absolute atomic E-state index is 11.8. The van der Waals surface area contributed by atoms with Gasteiger partial charge in [0, 0.05) is 12.5 Å². The van der Waals surface area contributed by atoms with Crippen molar-refractivity contribution >= 4 is 23.3 Å². The van der Waals surface area contributed by atoms with E-state index in [-0.39, 0.29) is 18.0 Å². The molecule has 0 saturated carbocycles. The SMILES string of the molecule is CCOC(=O)c1scc2c1CCCC2OC(C)=O. The van der Waals surface area contributed by atoms with Crippen molar-refractivity contribution in [2.45, 2.75) is 39.2 Å². The van der Waals surface area contributed by atoms with Crippen molar-refractivity contribution in [1.82, 2.24) is 0 Å². The predicted molar refractivity (Wildman–Crippen MR) is 67.7 cm³/mol. The summed E-state index contributed by atoms with van der Waals surface area (Å²) in [6.45, 7) is 3.57. The zero-order chi connectivity index (χ0) is 13.1. The number of ether oxygens (including phenoxy) is 2. The molecule has 0 bridgehead atoms. The van der Waals surface area contributed by atoms with E-state index < -0.39 is 0 Å². The molecule has 1 unspecified atom stereocenters. The number of hydrogen-bond acceptors (Lipinski definition) is 5. The number of rotatable bonds is 3. The minimum absolute atomic E-state index is 0.203. The molecular formula is C13H16O4S. The molecule has 0 aliphatic heterocycles. The summed E-state index contributed by atoms with van der Waals surface area (Å²) in [5.74, 6) is -0.552. The molecule has 18 heavy (non-hydrogen) atoms. The van der Waals surface area contributed by atoms with Gasteiger partial charge in [0.25, 0.3) is 0 Å². The van der Waals surface area contributed by atoms with Gasteiger partial charge in [-0.05, 0) is 37.1 Å². The Bertz CT molecular complexity index is 464. The summed E-state index contributed by atoms with van der Waals surface area (Å²) in [6.07, 6.45) is 2.40. The molecule has 0 spiro atoms. The van der Waals surface area contributed by atoms with E-state index in [1.54, 1.807) is 6.92 Å². The molecule has 1 heterocycles. The van der Waals surface area contributed by atoms with Crippen LogP contribution in [0.5, 0.6) is 0 Å². The molecule has 1 aliphatic carbocycles. The van der Waals surface area contributed by atoms with E-state index >= 15 is 0 Å². The summed E-state index contributed by atoms with van der Waals surface area (Å²) >= 11 is 1.38. The van der Waals surface area contributed by atoms with Gasteiger partial charge in [0.2, 0.25) is 0 Å². The van der Waals surface area contributed by atoms with Crippen molar-refractivity contribution in [2.75, 3.05) is 6.61 Å². The van der Waals surface area contributed by atoms with Crippen molar-refractivity contribution in [3.63, 3.8) is 0 Å². The van der Waals surface area contributed by atoms with Crippen LogP contribution in [-0.2, 0) is 20.7 Å². The highest BCUT2D eigenvalue weighted by Gasteiger charge is 2.28. The van der Waals surface area contributed by atoms with Crippen LogP contribution in [0.15, 0.2) is 5.38 Å². The van der Waals surface area contributed by atoms with Crippen LogP contribution in [0.2, 0.25) is 0 Å². The molecule has 0 saturated heterocycles. The quantitative estimate of drug-likeness (QED) is 0.791.